The van der Waals surface area contributed by atoms with Crippen LogP contribution in [0.4, 0.5) is 15.9 Å². The molecule has 0 saturated carbocycles. The van der Waals surface area contributed by atoms with Crippen molar-refractivity contribution in [1.82, 2.24) is 10.3 Å². The molecule has 0 aliphatic carbocycles. The van der Waals surface area contributed by atoms with Crippen LogP contribution in [0.3, 0.4) is 0 Å². The van der Waals surface area contributed by atoms with Crippen molar-refractivity contribution in [3.63, 3.8) is 0 Å². The first-order valence-electron chi connectivity index (χ1n) is 9.69. The molecule has 0 aliphatic heterocycles. The van der Waals surface area contributed by atoms with Crippen LogP contribution in [0.15, 0.2) is 54.6 Å². The zero-order valence-electron chi connectivity index (χ0n) is 17.2. The summed E-state index contributed by atoms with van der Waals surface area (Å²) in [5.74, 6) is -0.358. The quantitative estimate of drug-likeness (QED) is 0.434. The Balaban J connectivity index is 1.97. The molecule has 4 N–H and O–H groups in total. The summed E-state index contributed by atoms with van der Waals surface area (Å²) in [6.07, 6.45) is 0. The molecule has 1 heterocycles. The average molecular weight is 422 g/mol. The number of anilines is 2. The number of hydrogen-bond acceptors (Lipinski definition) is 5. The van der Waals surface area contributed by atoms with E-state index in [0.29, 0.717) is 30.3 Å². The lowest BCUT2D eigenvalue weighted by Crippen LogP contribution is -2.26. The second-order valence-corrected chi connectivity index (χ2v) is 6.96. The number of carbonyl (C=O) groups is 2. The summed E-state index contributed by atoms with van der Waals surface area (Å²) in [4.78, 5) is 26.8. The van der Waals surface area contributed by atoms with Gasteiger partial charge in [0.25, 0.3) is 0 Å². The van der Waals surface area contributed by atoms with Gasteiger partial charge in [-0.25, -0.2) is 9.37 Å². The van der Waals surface area contributed by atoms with E-state index in [1.807, 2.05) is 18.2 Å². The fraction of sp³-hybridized carbons (Fsp3) is 0.174. The molecule has 0 radical (unpaired) electrons. The van der Waals surface area contributed by atoms with Crippen molar-refractivity contribution in [3.05, 3.63) is 60.4 Å². The summed E-state index contributed by atoms with van der Waals surface area (Å²) in [6.45, 7) is 3.72. The topological polar surface area (TPSA) is 103 Å². The number of rotatable bonds is 7. The second kappa shape index (κ2) is 9.71. The lowest BCUT2D eigenvalue weighted by Gasteiger charge is -2.13. The van der Waals surface area contributed by atoms with Crippen molar-refractivity contribution in [2.45, 2.75) is 13.8 Å². The van der Waals surface area contributed by atoms with Crippen LogP contribution in [0.1, 0.15) is 13.8 Å². The maximum absolute atomic E-state index is 13.8. The number of halogens is 1. The average Bonchev–Trinajstić information content (AvgIpc) is 2.73. The Morgan fingerprint density at radius 3 is 2.35 bits per heavy atom. The van der Waals surface area contributed by atoms with Gasteiger partial charge in [0, 0.05) is 38.2 Å². The Morgan fingerprint density at radius 1 is 0.935 bits per heavy atom. The highest BCUT2D eigenvalue weighted by Gasteiger charge is 2.12. The molecule has 3 aromatic rings. The van der Waals surface area contributed by atoms with E-state index in [2.05, 4.69) is 20.9 Å². The molecule has 31 heavy (non-hydrogen) atoms. The van der Waals surface area contributed by atoms with Gasteiger partial charge in [0.05, 0.1) is 5.69 Å². The first-order valence-corrected chi connectivity index (χ1v) is 9.69. The first kappa shape index (κ1) is 21.8. The molecular weight excluding hydrogens is 399 g/mol. The number of carbonyl (C=O) groups excluding carboxylic acids is 2. The number of hydrogen-bond donors (Lipinski definition) is 4. The van der Waals surface area contributed by atoms with E-state index in [1.54, 1.807) is 18.2 Å². The maximum Gasteiger partial charge on any atom is 0.221 e. The number of nitrogens with one attached hydrogen (secondary N) is 3. The Hall–Kier alpha value is -3.94. The molecule has 1 aromatic heterocycles. The minimum absolute atomic E-state index is 0.0868. The number of aromatic nitrogens is 1. The predicted molar refractivity (Wildman–Crippen MR) is 118 cm³/mol. The van der Waals surface area contributed by atoms with Gasteiger partial charge in [0.15, 0.2) is 0 Å². The van der Waals surface area contributed by atoms with Gasteiger partial charge in [0.2, 0.25) is 11.8 Å². The minimum Gasteiger partial charge on any atom is -0.507 e. The van der Waals surface area contributed by atoms with Crippen LogP contribution >= 0.6 is 0 Å². The number of pyridine rings is 1. The van der Waals surface area contributed by atoms with Crippen molar-refractivity contribution in [2.75, 3.05) is 23.7 Å². The molecule has 0 fully saturated rings. The molecule has 3 rings (SSSR count). The van der Waals surface area contributed by atoms with Gasteiger partial charge in [-0.3, -0.25) is 9.59 Å². The SMILES string of the molecule is CC(=O)NCCNc1cc(-c2ccc(NC(C)=O)cc2)cc(-c2cc(F)ccc2O)n1. The highest BCUT2D eigenvalue weighted by atomic mass is 19.1. The van der Waals surface area contributed by atoms with Gasteiger partial charge in [-0.1, -0.05) is 12.1 Å². The molecule has 0 bridgehead atoms. The standard InChI is InChI=1S/C23H23FN4O3/c1-14(29)25-9-10-26-23-12-17(16-3-6-19(7-4-16)27-15(2)30)11-21(28-23)20-13-18(24)5-8-22(20)31/h3-8,11-13,31H,9-10H2,1-2H3,(H,25,29)(H,26,28)(H,27,30). The van der Waals surface area contributed by atoms with Crippen LogP contribution in [-0.4, -0.2) is 35.0 Å². The van der Waals surface area contributed by atoms with Gasteiger partial charge >= 0.3 is 0 Å². The molecule has 7 nitrogen and oxygen atoms in total. The third kappa shape index (κ3) is 6.02. The molecule has 0 spiro atoms. The fourth-order valence-electron chi connectivity index (χ4n) is 3.02. The van der Waals surface area contributed by atoms with Crippen molar-refractivity contribution in [3.8, 4) is 28.1 Å². The van der Waals surface area contributed by atoms with Crippen molar-refractivity contribution < 1.29 is 19.1 Å². The highest BCUT2D eigenvalue weighted by Crippen LogP contribution is 2.33. The molecule has 0 atom stereocenters. The van der Waals surface area contributed by atoms with E-state index in [-0.39, 0.29) is 23.1 Å². The monoisotopic (exact) mass is 422 g/mol. The summed E-state index contributed by atoms with van der Waals surface area (Å²) in [6, 6.07) is 14.5. The molecule has 0 aliphatic rings. The fourth-order valence-corrected chi connectivity index (χ4v) is 3.02. The number of amides is 2. The van der Waals surface area contributed by atoms with Gasteiger partial charge in [-0.15, -0.1) is 0 Å². The normalized spacial score (nSPS) is 10.4. The predicted octanol–water partition coefficient (Wildman–Crippen LogP) is 3.77. The van der Waals surface area contributed by atoms with E-state index in [9.17, 15) is 19.1 Å². The smallest absolute Gasteiger partial charge is 0.221 e. The summed E-state index contributed by atoms with van der Waals surface area (Å²) in [5, 5.41) is 18.8. The second-order valence-electron chi connectivity index (χ2n) is 6.96. The van der Waals surface area contributed by atoms with Crippen molar-refractivity contribution >= 4 is 23.3 Å². The Morgan fingerprint density at radius 2 is 1.68 bits per heavy atom. The Bertz CT molecular complexity index is 1100. The van der Waals surface area contributed by atoms with E-state index < -0.39 is 5.82 Å². The number of benzene rings is 2. The lowest BCUT2D eigenvalue weighted by molar-refractivity contribution is -0.119. The largest absolute Gasteiger partial charge is 0.507 e. The zero-order valence-corrected chi connectivity index (χ0v) is 17.2. The van der Waals surface area contributed by atoms with Crippen LogP contribution in [0.5, 0.6) is 5.75 Å². The van der Waals surface area contributed by atoms with Crippen LogP contribution in [0, 0.1) is 5.82 Å². The third-order valence-corrected chi connectivity index (χ3v) is 4.40. The number of nitrogens with zero attached hydrogens (tertiary/aromatic N) is 1. The van der Waals surface area contributed by atoms with Crippen LogP contribution in [0.2, 0.25) is 0 Å². The van der Waals surface area contributed by atoms with Crippen molar-refractivity contribution in [1.29, 1.82) is 0 Å². The van der Waals surface area contributed by atoms with Gasteiger partial charge < -0.3 is 21.1 Å². The molecule has 2 aromatic carbocycles. The minimum atomic E-state index is -0.486. The van der Waals surface area contributed by atoms with E-state index in [0.717, 1.165) is 11.1 Å². The highest BCUT2D eigenvalue weighted by molar-refractivity contribution is 5.89. The van der Waals surface area contributed by atoms with Gasteiger partial charge in [-0.2, -0.15) is 0 Å². The van der Waals surface area contributed by atoms with E-state index in [4.69, 9.17) is 0 Å². The van der Waals surface area contributed by atoms with Crippen LogP contribution < -0.4 is 16.0 Å². The number of aromatic hydroxyl groups is 1. The van der Waals surface area contributed by atoms with E-state index >= 15 is 0 Å². The summed E-state index contributed by atoms with van der Waals surface area (Å²) in [7, 11) is 0. The molecule has 0 unspecified atom stereocenters. The Labute approximate surface area is 179 Å². The summed E-state index contributed by atoms with van der Waals surface area (Å²) in [5.41, 5.74) is 2.95. The van der Waals surface area contributed by atoms with Gasteiger partial charge in [0.1, 0.15) is 17.4 Å². The molecule has 2 amide bonds. The lowest BCUT2D eigenvalue weighted by atomic mass is 10.0. The Kier molecular flexibility index (Phi) is 6.81. The molecule has 8 heteroatoms. The molecule has 160 valence electrons. The van der Waals surface area contributed by atoms with Crippen molar-refractivity contribution in [2.24, 2.45) is 0 Å². The maximum atomic E-state index is 13.8. The summed E-state index contributed by atoms with van der Waals surface area (Å²) >= 11 is 0. The zero-order chi connectivity index (χ0) is 22.4. The van der Waals surface area contributed by atoms with Crippen LogP contribution in [0.25, 0.3) is 22.4 Å². The number of phenols is 1. The third-order valence-electron chi connectivity index (χ3n) is 4.40. The molecular formula is C23H23FN4O3. The van der Waals surface area contributed by atoms with Gasteiger partial charge in [-0.05, 0) is 53.6 Å². The molecule has 0 saturated heterocycles. The van der Waals surface area contributed by atoms with E-state index in [1.165, 1.54) is 32.0 Å². The first-order chi connectivity index (χ1) is 14.8. The summed E-state index contributed by atoms with van der Waals surface area (Å²) < 4.78 is 13.8. The van der Waals surface area contributed by atoms with Crippen LogP contribution in [-0.2, 0) is 9.59 Å². The number of phenolic OH excluding ortho intramolecular Hbond substituents is 1.